The van der Waals surface area contributed by atoms with Gasteiger partial charge < -0.3 is 5.32 Å². The highest BCUT2D eigenvalue weighted by Crippen LogP contribution is 2.39. The molecule has 1 aliphatic rings. The van der Waals surface area contributed by atoms with Crippen molar-refractivity contribution in [2.75, 3.05) is 6.54 Å². The average molecular weight is 217 g/mol. The monoisotopic (exact) mass is 217 g/mol. The van der Waals surface area contributed by atoms with E-state index in [0.29, 0.717) is 5.41 Å². The van der Waals surface area contributed by atoms with Crippen molar-refractivity contribution in [2.24, 2.45) is 5.41 Å². The first-order valence-electron chi connectivity index (χ1n) is 6.32. The molecule has 1 aromatic rings. The lowest BCUT2D eigenvalue weighted by atomic mass is 9.69. The SMILES string of the molecule is CC(C)(C)[C@@]1(Cc2ccccc2)CCCN1. The summed E-state index contributed by atoms with van der Waals surface area (Å²) in [6, 6.07) is 10.9. The molecule has 0 bridgehead atoms. The molecule has 0 amide bonds. The molecular weight excluding hydrogens is 194 g/mol. The van der Waals surface area contributed by atoms with Crippen LogP contribution in [0.2, 0.25) is 0 Å². The Balaban J connectivity index is 2.22. The fourth-order valence-electron chi connectivity index (χ4n) is 2.81. The molecule has 88 valence electrons. The van der Waals surface area contributed by atoms with Gasteiger partial charge in [0.2, 0.25) is 0 Å². The van der Waals surface area contributed by atoms with Gasteiger partial charge in [0.1, 0.15) is 0 Å². The molecule has 1 saturated heterocycles. The van der Waals surface area contributed by atoms with Crippen molar-refractivity contribution in [3.05, 3.63) is 35.9 Å². The van der Waals surface area contributed by atoms with Crippen LogP contribution in [0.1, 0.15) is 39.2 Å². The molecule has 1 heteroatoms. The minimum absolute atomic E-state index is 0.286. The number of benzene rings is 1. The van der Waals surface area contributed by atoms with Crippen molar-refractivity contribution >= 4 is 0 Å². The molecule has 1 atom stereocenters. The van der Waals surface area contributed by atoms with Gasteiger partial charge in [0.05, 0.1) is 0 Å². The van der Waals surface area contributed by atoms with Crippen molar-refractivity contribution in [1.82, 2.24) is 5.32 Å². The third kappa shape index (κ3) is 2.15. The molecule has 1 nitrogen and oxygen atoms in total. The van der Waals surface area contributed by atoms with Crippen LogP contribution in [0.5, 0.6) is 0 Å². The summed E-state index contributed by atoms with van der Waals surface area (Å²) in [5, 5.41) is 3.76. The highest BCUT2D eigenvalue weighted by Gasteiger charge is 2.43. The van der Waals surface area contributed by atoms with Gasteiger partial charge in [0.25, 0.3) is 0 Å². The van der Waals surface area contributed by atoms with Crippen molar-refractivity contribution < 1.29 is 0 Å². The highest BCUT2D eigenvalue weighted by atomic mass is 15.0. The zero-order valence-corrected chi connectivity index (χ0v) is 10.7. The second-order valence-corrected chi connectivity index (χ2v) is 6.02. The maximum atomic E-state index is 3.76. The van der Waals surface area contributed by atoms with Crippen LogP contribution in [0.3, 0.4) is 0 Å². The van der Waals surface area contributed by atoms with E-state index in [1.165, 1.54) is 24.9 Å². The van der Waals surface area contributed by atoms with E-state index in [4.69, 9.17) is 0 Å². The molecule has 0 saturated carbocycles. The molecule has 2 rings (SSSR count). The fraction of sp³-hybridized carbons (Fsp3) is 0.600. The predicted octanol–water partition coefficient (Wildman–Crippen LogP) is 3.40. The number of nitrogens with one attached hydrogen (secondary N) is 1. The highest BCUT2D eigenvalue weighted by molar-refractivity contribution is 5.20. The van der Waals surface area contributed by atoms with Gasteiger partial charge in [0, 0.05) is 5.54 Å². The van der Waals surface area contributed by atoms with E-state index in [-0.39, 0.29) is 5.54 Å². The molecule has 1 fully saturated rings. The normalized spacial score (nSPS) is 25.9. The summed E-state index contributed by atoms with van der Waals surface area (Å²) in [5.74, 6) is 0. The third-order valence-electron chi connectivity index (χ3n) is 4.03. The zero-order valence-electron chi connectivity index (χ0n) is 10.7. The van der Waals surface area contributed by atoms with Crippen LogP contribution in [0, 0.1) is 5.41 Å². The molecule has 0 radical (unpaired) electrons. The summed E-state index contributed by atoms with van der Waals surface area (Å²) in [6.07, 6.45) is 3.76. The van der Waals surface area contributed by atoms with Crippen molar-refractivity contribution in [3.8, 4) is 0 Å². The van der Waals surface area contributed by atoms with E-state index in [9.17, 15) is 0 Å². The van der Waals surface area contributed by atoms with Crippen LogP contribution < -0.4 is 5.32 Å². The van der Waals surface area contributed by atoms with Crippen LogP contribution in [0.15, 0.2) is 30.3 Å². The van der Waals surface area contributed by atoms with Gasteiger partial charge >= 0.3 is 0 Å². The van der Waals surface area contributed by atoms with Gasteiger partial charge in [-0.2, -0.15) is 0 Å². The first kappa shape index (κ1) is 11.7. The number of hydrogen-bond donors (Lipinski definition) is 1. The van der Waals surface area contributed by atoms with Gasteiger partial charge in [-0.05, 0) is 36.8 Å². The fourth-order valence-corrected chi connectivity index (χ4v) is 2.81. The van der Waals surface area contributed by atoms with Gasteiger partial charge in [0.15, 0.2) is 0 Å². The molecule has 0 aromatic heterocycles. The second kappa shape index (κ2) is 4.21. The Kier molecular flexibility index (Phi) is 3.07. The van der Waals surface area contributed by atoms with Crippen molar-refractivity contribution in [2.45, 2.75) is 45.6 Å². The topological polar surface area (TPSA) is 12.0 Å². The minimum Gasteiger partial charge on any atom is -0.310 e. The van der Waals surface area contributed by atoms with Crippen LogP contribution in [0.4, 0.5) is 0 Å². The standard InChI is InChI=1S/C15H23N/c1-14(2,3)15(10-7-11-16-15)12-13-8-5-4-6-9-13/h4-6,8-9,16H,7,10-12H2,1-3H3/t15-/m0/s1. The molecular formula is C15H23N. The Morgan fingerprint density at radius 3 is 2.38 bits per heavy atom. The minimum atomic E-state index is 0.286. The van der Waals surface area contributed by atoms with Gasteiger partial charge in [-0.1, -0.05) is 51.1 Å². The van der Waals surface area contributed by atoms with Crippen molar-refractivity contribution in [1.29, 1.82) is 0 Å². The number of hydrogen-bond acceptors (Lipinski definition) is 1. The van der Waals surface area contributed by atoms with Crippen LogP contribution in [0.25, 0.3) is 0 Å². The van der Waals surface area contributed by atoms with Gasteiger partial charge in [-0.25, -0.2) is 0 Å². The van der Waals surface area contributed by atoms with Gasteiger partial charge in [-0.3, -0.25) is 0 Å². The van der Waals surface area contributed by atoms with E-state index in [2.05, 4.69) is 56.4 Å². The van der Waals surface area contributed by atoms with E-state index < -0.39 is 0 Å². The molecule has 1 N–H and O–H groups in total. The Hall–Kier alpha value is -0.820. The van der Waals surface area contributed by atoms with Crippen LogP contribution >= 0.6 is 0 Å². The Morgan fingerprint density at radius 2 is 1.88 bits per heavy atom. The van der Waals surface area contributed by atoms with E-state index in [0.717, 1.165) is 6.42 Å². The molecule has 0 unspecified atom stereocenters. The lowest BCUT2D eigenvalue weighted by Gasteiger charge is -2.42. The zero-order chi connectivity index (χ0) is 11.6. The largest absolute Gasteiger partial charge is 0.310 e. The first-order valence-corrected chi connectivity index (χ1v) is 6.32. The second-order valence-electron chi connectivity index (χ2n) is 6.02. The van der Waals surface area contributed by atoms with E-state index in [1.54, 1.807) is 0 Å². The Bertz CT molecular complexity index is 328. The lowest BCUT2D eigenvalue weighted by molar-refractivity contribution is 0.159. The molecule has 16 heavy (non-hydrogen) atoms. The summed E-state index contributed by atoms with van der Waals surface area (Å²) >= 11 is 0. The van der Waals surface area contributed by atoms with Crippen LogP contribution in [-0.4, -0.2) is 12.1 Å². The first-order chi connectivity index (χ1) is 7.54. The summed E-state index contributed by atoms with van der Waals surface area (Å²) in [7, 11) is 0. The third-order valence-corrected chi connectivity index (χ3v) is 4.03. The quantitative estimate of drug-likeness (QED) is 0.800. The molecule has 0 aliphatic carbocycles. The summed E-state index contributed by atoms with van der Waals surface area (Å²) in [6.45, 7) is 8.24. The number of rotatable bonds is 2. The lowest BCUT2D eigenvalue weighted by Crippen LogP contribution is -2.52. The summed E-state index contributed by atoms with van der Waals surface area (Å²) in [5.41, 5.74) is 2.06. The summed E-state index contributed by atoms with van der Waals surface area (Å²) < 4.78 is 0. The molecule has 1 heterocycles. The molecule has 1 aliphatic heterocycles. The smallest absolute Gasteiger partial charge is 0.0270 e. The Labute approximate surface area is 99.3 Å². The van der Waals surface area contributed by atoms with Gasteiger partial charge in [-0.15, -0.1) is 0 Å². The average Bonchev–Trinajstić information content (AvgIpc) is 2.68. The van der Waals surface area contributed by atoms with Crippen LogP contribution in [-0.2, 0) is 6.42 Å². The van der Waals surface area contributed by atoms with E-state index >= 15 is 0 Å². The Morgan fingerprint density at radius 1 is 1.19 bits per heavy atom. The maximum absolute atomic E-state index is 3.76. The summed E-state index contributed by atoms with van der Waals surface area (Å²) in [4.78, 5) is 0. The van der Waals surface area contributed by atoms with E-state index in [1.807, 2.05) is 0 Å². The predicted molar refractivity (Wildman–Crippen MR) is 69.6 cm³/mol. The molecule has 0 spiro atoms. The molecule has 1 aromatic carbocycles. The maximum Gasteiger partial charge on any atom is 0.0270 e. The van der Waals surface area contributed by atoms with Crippen molar-refractivity contribution in [3.63, 3.8) is 0 Å².